The minimum absolute atomic E-state index is 0.648. The lowest BCUT2D eigenvalue weighted by atomic mass is 9.87. The third-order valence-electron chi connectivity index (χ3n) is 5.20. The van der Waals surface area contributed by atoms with Crippen LogP contribution >= 0.6 is 0 Å². The Bertz CT molecular complexity index is 1250. The number of aliphatic imine (C=N–C) groups is 1. The first-order chi connectivity index (χ1) is 13.8. The molecule has 0 spiro atoms. The number of hydrogen-bond acceptors (Lipinski definition) is 3. The van der Waals surface area contributed by atoms with Crippen molar-refractivity contribution in [3.05, 3.63) is 101 Å². The van der Waals surface area contributed by atoms with Crippen molar-refractivity contribution in [1.82, 2.24) is 4.98 Å². The maximum atomic E-state index is 9.14. The van der Waals surface area contributed by atoms with Crippen LogP contribution in [0.15, 0.2) is 83.9 Å². The first-order valence-electron chi connectivity index (χ1n) is 9.37. The number of benzene rings is 3. The van der Waals surface area contributed by atoms with Crippen LogP contribution in [0.25, 0.3) is 22.2 Å². The number of fused-ring (bicyclic) bond motifs is 3. The summed E-state index contributed by atoms with van der Waals surface area (Å²) in [7, 11) is 0. The van der Waals surface area contributed by atoms with Gasteiger partial charge < -0.3 is 0 Å². The van der Waals surface area contributed by atoms with E-state index in [0.717, 1.165) is 46.6 Å². The van der Waals surface area contributed by atoms with E-state index in [1.54, 1.807) is 0 Å². The number of nitrogens with zero attached hydrogens (tertiary/aromatic N) is 3. The van der Waals surface area contributed by atoms with Gasteiger partial charge in [-0.05, 0) is 30.2 Å². The summed E-state index contributed by atoms with van der Waals surface area (Å²) in [6, 6.07) is 28.5. The van der Waals surface area contributed by atoms with E-state index in [-0.39, 0.29) is 0 Å². The molecule has 1 aliphatic heterocycles. The maximum absolute atomic E-state index is 9.14. The monoisotopic (exact) mass is 359 g/mol. The number of aromatic nitrogens is 1. The van der Waals surface area contributed by atoms with Gasteiger partial charge in [0.25, 0.3) is 0 Å². The van der Waals surface area contributed by atoms with Crippen LogP contribution in [0, 0.1) is 11.3 Å². The first-order valence-corrected chi connectivity index (χ1v) is 9.37. The van der Waals surface area contributed by atoms with Crippen LogP contribution in [-0.4, -0.2) is 17.2 Å². The van der Waals surface area contributed by atoms with Crippen molar-refractivity contribution in [3.63, 3.8) is 0 Å². The molecule has 0 aliphatic carbocycles. The highest BCUT2D eigenvalue weighted by Gasteiger charge is 2.24. The van der Waals surface area contributed by atoms with Crippen molar-refractivity contribution in [2.75, 3.05) is 6.54 Å². The van der Waals surface area contributed by atoms with Crippen LogP contribution in [-0.2, 0) is 6.42 Å². The zero-order valence-electron chi connectivity index (χ0n) is 15.3. The second-order valence-corrected chi connectivity index (χ2v) is 6.87. The molecule has 132 valence electrons. The normalized spacial score (nSPS) is 12.9. The highest BCUT2D eigenvalue weighted by atomic mass is 14.8. The predicted octanol–water partition coefficient (Wildman–Crippen LogP) is 5.17. The molecule has 1 aromatic heterocycles. The molecular formula is C25H17N3. The molecule has 0 radical (unpaired) electrons. The van der Waals surface area contributed by atoms with Gasteiger partial charge in [-0.1, -0.05) is 60.7 Å². The fraction of sp³-hybridized carbons (Fsp3) is 0.0800. The number of rotatable bonds is 2. The lowest BCUT2D eigenvalue weighted by Crippen LogP contribution is -2.17. The molecule has 4 aromatic rings. The summed E-state index contributed by atoms with van der Waals surface area (Å²) in [6.07, 6.45) is 0.901. The van der Waals surface area contributed by atoms with Gasteiger partial charge in [0.1, 0.15) is 0 Å². The fourth-order valence-corrected chi connectivity index (χ4v) is 3.90. The summed E-state index contributed by atoms with van der Waals surface area (Å²) in [5.74, 6) is 0. The van der Waals surface area contributed by atoms with E-state index in [2.05, 4.69) is 36.4 Å². The largest absolute Gasteiger partial charge is 0.284 e. The Hall–Kier alpha value is -3.77. The van der Waals surface area contributed by atoms with Crippen LogP contribution in [0.1, 0.15) is 22.3 Å². The van der Waals surface area contributed by atoms with Crippen LogP contribution in [0.5, 0.6) is 0 Å². The van der Waals surface area contributed by atoms with Crippen LogP contribution < -0.4 is 0 Å². The van der Waals surface area contributed by atoms with Gasteiger partial charge >= 0.3 is 0 Å². The summed E-state index contributed by atoms with van der Waals surface area (Å²) in [5.41, 5.74) is 8.10. The van der Waals surface area contributed by atoms with Crippen molar-refractivity contribution < 1.29 is 0 Å². The SMILES string of the molecule is N#Cc1ccc(-c2nc3ccccc3c3c2C(c2ccccc2)=NCC3)cc1. The van der Waals surface area contributed by atoms with Crippen molar-refractivity contribution in [2.45, 2.75) is 6.42 Å². The third kappa shape index (κ3) is 2.67. The molecule has 0 bridgehead atoms. The minimum atomic E-state index is 0.648. The zero-order chi connectivity index (χ0) is 18.9. The highest BCUT2D eigenvalue weighted by molar-refractivity contribution is 6.19. The Morgan fingerprint density at radius 1 is 0.786 bits per heavy atom. The number of nitriles is 1. The second-order valence-electron chi connectivity index (χ2n) is 6.87. The lowest BCUT2D eigenvalue weighted by Gasteiger charge is -2.22. The van der Waals surface area contributed by atoms with Gasteiger partial charge in [-0.15, -0.1) is 0 Å². The Morgan fingerprint density at radius 3 is 2.32 bits per heavy atom. The summed E-state index contributed by atoms with van der Waals surface area (Å²) >= 11 is 0. The predicted molar refractivity (Wildman–Crippen MR) is 113 cm³/mol. The van der Waals surface area contributed by atoms with Crippen molar-refractivity contribution in [2.24, 2.45) is 4.99 Å². The summed E-state index contributed by atoms with van der Waals surface area (Å²) in [5, 5.41) is 10.3. The number of pyridine rings is 1. The molecule has 3 nitrogen and oxygen atoms in total. The van der Waals surface area contributed by atoms with Crippen molar-refractivity contribution >= 4 is 16.6 Å². The van der Waals surface area contributed by atoms with E-state index in [1.165, 1.54) is 10.9 Å². The number of hydrogen-bond donors (Lipinski definition) is 0. The highest BCUT2D eigenvalue weighted by Crippen LogP contribution is 2.34. The molecule has 0 atom stereocenters. The van der Waals surface area contributed by atoms with E-state index < -0.39 is 0 Å². The molecular weight excluding hydrogens is 342 g/mol. The Labute approximate surface area is 163 Å². The van der Waals surface area contributed by atoms with Gasteiger partial charge in [0.05, 0.1) is 28.6 Å². The van der Waals surface area contributed by atoms with E-state index >= 15 is 0 Å². The van der Waals surface area contributed by atoms with Gasteiger partial charge in [-0.3, -0.25) is 4.99 Å². The van der Waals surface area contributed by atoms with Crippen LogP contribution in [0.3, 0.4) is 0 Å². The quantitative estimate of drug-likeness (QED) is 0.496. The van der Waals surface area contributed by atoms with Crippen molar-refractivity contribution in [3.8, 4) is 17.3 Å². The van der Waals surface area contributed by atoms with Gasteiger partial charge in [-0.2, -0.15) is 5.26 Å². The second kappa shape index (κ2) is 6.75. The van der Waals surface area contributed by atoms with E-state index in [1.807, 2.05) is 48.5 Å². The standard InChI is InChI=1S/C25H17N3/c26-16-17-10-12-19(13-11-17)25-23-21(20-8-4-5-9-22(20)28-25)14-15-27-24(23)18-6-2-1-3-7-18/h1-13H,14-15H2. The van der Waals surface area contributed by atoms with E-state index in [9.17, 15) is 0 Å². The van der Waals surface area contributed by atoms with Crippen LogP contribution in [0.4, 0.5) is 0 Å². The maximum Gasteiger partial charge on any atom is 0.0991 e. The van der Waals surface area contributed by atoms with E-state index in [0.29, 0.717) is 5.56 Å². The van der Waals surface area contributed by atoms with Gasteiger partial charge in [0.15, 0.2) is 0 Å². The molecule has 3 heteroatoms. The molecule has 0 amide bonds. The lowest BCUT2D eigenvalue weighted by molar-refractivity contribution is 0.950. The average Bonchev–Trinajstić information content (AvgIpc) is 2.79. The third-order valence-corrected chi connectivity index (χ3v) is 5.20. The molecule has 2 heterocycles. The Balaban J connectivity index is 1.83. The molecule has 28 heavy (non-hydrogen) atoms. The molecule has 0 fully saturated rings. The Kier molecular flexibility index (Phi) is 3.96. The molecule has 0 unspecified atom stereocenters. The van der Waals surface area contributed by atoms with E-state index in [4.69, 9.17) is 15.2 Å². The van der Waals surface area contributed by atoms with Crippen LogP contribution in [0.2, 0.25) is 0 Å². The molecule has 0 saturated heterocycles. The van der Waals surface area contributed by atoms with Gasteiger partial charge in [0.2, 0.25) is 0 Å². The van der Waals surface area contributed by atoms with Gasteiger partial charge in [0, 0.05) is 28.6 Å². The average molecular weight is 359 g/mol. The van der Waals surface area contributed by atoms with Gasteiger partial charge in [-0.25, -0.2) is 4.98 Å². The topological polar surface area (TPSA) is 49.0 Å². The fourth-order valence-electron chi connectivity index (χ4n) is 3.90. The molecule has 1 aliphatic rings. The molecule has 3 aromatic carbocycles. The number of para-hydroxylation sites is 1. The first kappa shape index (κ1) is 16.4. The minimum Gasteiger partial charge on any atom is -0.284 e. The summed E-state index contributed by atoms with van der Waals surface area (Å²) < 4.78 is 0. The molecule has 0 saturated carbocycles. The summed E-state index contributed by atoms with van der Waals surface area (Å²) in [6.45, 7) is 0.776. The zero-order valence-corrected chi connectivity index (χ0v) is 15.3. The Morgan fingerprint density at radius 2 is 1.54 bits per heavy atom. The summed E-state index contributed by atoms with van der Waals surface area (Å²) in [4.78, 5) is 9.92. The molecule has 5 rings (SSSR count). The molecule has 0 N–H and O–H groups in total. The smallest absolute Gasteiger partial charge is 0.0991 e. The van der Waals surface area contributed by atoms with Crippen molar-refractivity contribution in [1.29, 1.82) is 5.26 Å².